The Labute approximate surface area is 75.5 Å². The maximum Gasteiger partial charge on any atom is 0.0495 e. The maximum atomic E-state index is 5.31. The lowest BCUT2D eigenvalue weighted by Crippen LogP contribution is -2.25. The fourth-order valence-corrected chi connectivity index (χ4v) is 3.62. The smallest absolute Gasteiger partial charge is 0.0495 e. The van der Waals surface area contributed by atoms with E-state index in [9.17, 15) is 0 Å². The highest BCUT2D eigenvalue weighted by molar-refractivity contribution is 4.95. The van der Waals surface area contributed by atoms with Crippen LogP contribution in [0.15, 0.2) is 0 Å². The van der Waals surface area contributed by atoms with Crippen LogP contribution in [0.2, 0.25) is 0 Å². The normalized spacial score (nSPS) is 45.5. The average molecular weight is 168 g/mol. The van der Waals surface area contributed by atoms with Crippen LogP contribution >= 0.6 is 0 Å². The van der Waals surface area contributed by atoms with Gasteiger partial charge in [0.2, 0.25) is 0 Å². The Morgan fingerprint density at radius 3 is 2.42 bits per heavy atom. The van der Waals surface area contributed by atoms with Gasteiger partial charge < -0.3 is 4.74 Å². The molecular weight excluding hydrogens is 148 g/mol. The quantitative estimate of drug-likeness (QED) is 0.629. The lowest BCUT2D eigenvalue weighted by atomic mass is 9.78. The first-order chi connectivity index (χ1) is 5.86. The minimum absolute atomic E-state index is 0.902. The average Bonchev–Trinajstić information content (AvgIpc) is 2.64. The van der Waals surface area contributed by atoms with Crippen molar-refractivity contribution < 1.29 is 4.74 Å². The fourth-order valence-electron chi connectivity index (χ4n) is 3.62. The summed E-state index contributed by atoms with van der Waals surface area (Å²) in [6.07, 6.45) is 5.86. The maximum absolute atomic E-state index is 5.31. The molecule has 0 saturated heterocycles. The number of hydrogen-bond donors (Lipinski definition) is 0. The first kappa shape index (κ1) is 8.55. The van der Waals surface area contributed by atoms with Crippen LogP contribution in [0.25, 0.3) is 0 Å². The van der Waals surface area contributed by atoms with E-state index in [0.29, 0.717) is 0 Å². The molecule has 2 aliphatic rings. The zero-order valence-electron chi connectivity index (χ0n) is 8.25. The van der Waals surface area contributed by atoms with Gasteiger partial charge in [-0.15, -0.1) is 0 Å². The molecule has 0 radical (unpaired) electrons. The highest BCUT2D eigenvalue weighted by Crippen LogP contribution is 2.53. The lowest BCUT2D eigenvalue weighted by molar-refractivity contribution is 0.0848. The summed E-state index contributed by atoms with van der Waals surface area (Å²) in [5.74, 6) is 3.96. The predicted octanol–water partition coefficient (Wildman–Crippen LogP) is 2.71. The molecule has 0 aromatic carbocycles. The summed E-state index contributed by atoms with van der Waals surface area (Å²) in [4.78, 5) is 0. The third kappa shape index (κ3) is 1.19. The molecule has 2 fully saturated rings. The van der Waals surface area contributed by atoms with E-state index in [2.05, 4.69) is 6.92 Å². The van der Waals surface area contributed by atoms with Crippen molar-refractivity contribution in [1.82, 2.24) is 0 Å². The molecule has 0 aliphatic heterocycles. The van der Waals surface area contributed by atoms with E-state index in [4.69, 9.17) is 4.74 Å². The first-order valence-electron chi connectivity index (χ1n) is 5.35. The highest BCUT2D eigenvalue weighted by Gasteiger charge is 2.46. The van der Waals surface area contributed by atoms with E-state index in [1.165, 1.54) is 25.7 Å². The summed E-state index contributed by atoms with van der Waals surface area (Å²) in [5, 5.41) is 0. The zero-order chi connectivity index (χ0) is 8.55. The van der Waals surface area contributed by atoms with Crippen LogP contribution < -0.4 is 0 Å². The van der Waals surface area contributed by atoms with E-state index >= 15 is 0 Å². The van der Waals surface area contributed by atoms with Crippen LogP contribution in [0.5, 0.6) is 0 Å². The summed E-state index contributed by atoms with van der Waals surface area (Å²) in [7, 11) is 1.85. The Bertz CT molecular complexity index is 155. The number of methoxy groups -OCH3 is 1. The second-order valence-electron chi connectivity index (χ2n) is 4.52. The van der Waals surface area contributed by atoms with Gasteiger partial charge in [0.15, 0.2) is 0 Å². The Morgan fingerprint density at radius 1 is 1.17 bits per heavy atom. The topological polar surface area (TPSA) is 9.23 Å². The van der Waals surface area contributed by atoms with Crippen molar-refractivity contribution in [2.75, 3.05) is 13.7 Å². The van der Waals surface area contributed by atoms with Crippen molar-refractivity contribution >= 4 is 0 Å². The molecule has 2 aliphatic carbocycles. The standard InChI is InChI=1S/C11H20O/c1-3-10-8-4-5-9(6-8)11(10)7-12-2/h8-11H,3-7H2,1-2H3/t8-,9+,10?,11?/m1/s1. The fraction of sp³-hybridized carbons (Fsp3) is 1.00. The van der Waals surface area contributed by atoms with Crippen molar-refractivity contribution in [3.8, 4) is 0 Å². The van der Waals surface area contributed by atoms with Crippen LogP contribution in [-0.4, -0.2) is 13.7 Å². The summed E-state index contributed by atoms with van der Waals surface area (Å²) in [5.41, 5.74) is 0. The van der Waals surface area contributed by atoms with Crippen molar-refractivity contribution in [3.05, 3.63) is 0 Å². The second-order valence-corrected chi connectivity index (χ2v) is 4.52. The van der Waals surface area contributed by atoms with Gasteiger partial charge in [-0.2, -0.15) is 0 Å². The molecule has 2 saturated carbocycles. The molecule has 2 bridgehead atoms. The van der Waals surface area contributed by atoms with Gasteiger partial charge in [0.25, 0.3) is 0 Å². The number of rotatable bonds is 3. The van der Waals surface area contributed by atoms with E-state index in [0.717, 1.165) is 30.3 Å². The Morgan fingerprint density at radius 2 is 1.83 bits per heavy atom. The third-order valence-electron chi connectivity index (χ3n) is 4.11. The number of ether oxygens (including phenoxy) is 1. The number of hydrogen-bond acceptors (Lipinski definition) is 1. The van der Waals surface area contributed by atoms with Crippen LogP contribution in [0, 0.1) is 23.7 Å². The predicted molar refractivity (Wildman–Crippen MR) is 50.0 cm³/mol. The summed E-state index contributed by atoms with van der Waals surface area (Å²) in [6, 6.07) is 0. The SMILES string of the molecule is CCC1C(COC)[C@H]2CC[C@@H]1C2. The van der Waals surface area contributed by atoms with Gasteiger partial charge in [-0.05, 0) is 42.9 Å². The molecule has 4 atom stereocenters. The molecule has 2 unspecified atom stereocenters. The van der Waals surface area contributed by atoms with Gasteiger partial charge in [-0.1, -0.05) is 13.3 Å². The molecule has 70 valence electrons. The molecule has 0 spiro atoms. The van der Waals surface area contributed by atoms with Gasteiger partial charge in [-0.25, -0.2) is 0 Å². The Balaban J connectivity index is 2.01. The van der Waals surface area contributed by atoms with E-state index in [1.807, 2.05) is 7.11 Å². The van der Waals surface area contributed by atoms with E-state index < -0.39 is 0 Å². The van der Waals surface area contributed by atoms with Crippen molar-refractivity contribution in [2.45, 2.75) is 32.6 Å². The van der Waals surface area contributed by atoms with Crippen molar-refractivity contribution in [2.24, 2.45) is 23.7 Å². The highest BCUT2D eigenvalue weighted by atomic mass is 16.5. The van der Waals surface area contributed by atoms with Crippen molar-refractivity contribution in [3.63, 3.8) is 0 Å². The largest absolute Gasteiger partial charge is 0.384 e. The molecule has 12 heavy (non-hydrogen) atoms. The third-order valence-corrected chi connectivity index (χ3v) is 4.11. The van der Waals surface area contributed by atoms with Gasteiger partial charge in [0.05, 0.1) is 0 Å². The van der Waals surface area contributed by atoms with Gasteiger partial charge in [-0.3, -0.25) is 0 Å². The Hall–Kier alpha value is -0.0400. The van der Waals surface area contributed by atoms with E-state index in [1.54, 1.807) is 0 Å². The minimum Gasteiger partial charge on any atom is -0.384 e. The monoisotopic (exact) mass is 168 g/mol. The molecule has 0 N–H and O–H groups in total. The molecule has 0 aromatic rings. The summed E-state index contributed by atoms with van der Waals surface area (Å²) in [6.45, 7) is 3.35. The van der Waals surface area contributed by atoms with E-state index in [-0.39, 0.29) is 0 Å². The summed E-state index contributed by atoms with van der Waals surface area (Å²) < 4.78 is 5.31. The van der Waals surface area contributed by atoms with Crippen LogP contribution in [-0.2, 0) is 4.74 Å². The zero-order valence-corrected chi connectivity index (χ0v) is 8.25. The Kier molecular flexibility index (Phi) is 2.40. The molecule has 0 heterocycles. The molecule has 2 rings (SSSR count). The second kappa shape index (κ2) is 3.37. The molecule has 0 aromatic heterocycles. The van der Waals surface area contributed by atoms with Crippen LogP contribution in [0.1, 0.15) is 32.6 Å². The molecule has 0 amide bonds. The molecule has 1 heteroatoms. The lowest BCUT2D eigenvalue weighted by Gasteiger charge is -2.29. The molecule has 1 nitrogen and oxygen atoms in total. The first-order valence-corrected chi connectivity index (χ1v) is 5.35. The summed E-state index contributed by atoms with van der Waals surface area (Å²) >= 11 is 0. The molecular formula is C11H20O. The number of fused-ring (bicyclic) bond motifs is 2. The minimum atomic E-state index is 0.902. The van der Waals surface area contributed by atoms with Gasteiger partial charge >= 0.3 is 0 Å². The van der Waals surface area contributed by atoms with Gasteiger partial charge in [0, 0.05) is 13.7 Å². The van der Waals surface area contributed by atoms with Gasteiger partial charge in [0.1, 0.15) is 0 Å². The van der Waals surface area contributed by atoms with Crippen LogP contribution in [0.4, 0.5) is 0 Å². The van der Waals surface area contributed by atoms with Crippen molar-refractivity contribution in [1.29, 1.82) is 0 Å². The van der Waals surface area contributed by atoms with Crippen LogP contribution in [0.3, 0.4) is 0 Å².